The molecule has 2 aromatic carbocycles. The summed E-state index contributed by atoms with van der Waals surface area (Å²) < 4.78 is 0. The highest BCUT2D eigenvalue weighted by atomic mass is 16.1. The molecule has 0 fully saturated rings. The van der Waals surface area contributed by atoms with Gasteiger partial charge in [-0.15, -0.1) is 0 Å². The van der Waals surface area contributed by atoms with Crippen LogP contribution in [0.2, 0.25) is 0 Å². The Bertz CT molecular complexity index is 555. The SMILES string of the molecule is CC(=O)c1cc(C)cc(C(C)c2ccccc2)c1. The lowest BCUT2D eigenvalue weighted by atomic mass is 9.90. The first-order valence-electron chi connectivity index (χ1n) is 6.25. The van der Waals surface area contributed by atoms with Gasteiger partial charge in [0.1, 0.15) is 0 Å². The van der Waals surface area contributed by atoms with E-state index in [1.54, 1.807) is 6.92 Å². The van der Waals surface area contributed by atoms with Gasteiger partial charge in [-0.25, -0.2) is 0 Å². The first kappa shape index (κ1) is 12.6. The van der Waals surface area contributed by atoms with Crippen LogP contribution in [0.4, 0.5) is 0 Å². The zero-order valence-corrected chi connectivity index (χ0v) is 11.1. The third-order valence-corrected chi connectivity index (χ3v) is 3.31. The fourth-order valence-corrected chi connectivity index (χ4v) is 2.20. The predicted molar refractivity (Wildman–Crippen MR) is 75.1 cm³/mol. The van der Waals surface area contributed by atoms with Crippen molar-refractivity contribution >= 4 is 5.78 Å². The van der Waals surface area contributed by atoms with E-state index in [4.69, 9.17) is 0 Å². The normalized spacial score (nSPS) is 12.2. The molecule has 0 spiro atoms. The molecule has 0 aliphatic heterocycles. The van der Waals surface area contributed by atoms with E-state index in [1.165, 1.54) is 11.1 Å². The van der Waals surface area contributed by atoms with Gasteiger partial charge in [0.15, 0.2) is 5.78 Å². The molecule has 1 atom stereocenters. The Balaban J connectivity index is 2.42. The molecule has 2 rings (SSSR count). The van der Waals surface area contributed by atoms with Gasteiger partial charge in [-0.1, -0.05) is 48.9 Å². The molecule has 2 aromatic rings. The number of carbonyl (C=O) groups is 1. The van der Waals surface area contributed by atoms with Crippen LogP contribution in [-0.4, -0.2) is 5.78 Å². The number of Topliss-reactive ketones (excluding diaryl/α,β-unsaturated/α-hetero) is 1. The summed E-state index contributed by atoms with van der Waals surface area (Å²) in [7, 11) is 0. The van der Waals surface area contributed by atoms with E-state index in [0.717, 1.165) is 11.1 Å². The van der Waals surface area contributed by atoms with E-state index in [1.807, 2.05) is 37.3 Å². The topological polar surface area (TPSA) is 17.1 Å². The molecule has 0 heterocycles. The molecule has 0 aliphatic carbocycles. The van der Waals surface area contributed by atoms with Crippen molar-refractivity contribution in [1.29, 1.82) is 0 Å². The number of aryl methyl sites for hydroxylation is 1. The maximum Gasteiger partial charge on any atom is 0.159 e. The van der Waals surface area contributed by atoms with Gasteiger partial charge < -0.3 is 0 Å². The predicted octanol–water partition coefficient (Wildman–Crippen LogP) is 4.35. The monoisotopic (exact) mass is 238 g/mol. The van der Waals surface area contributed by atoms with Crippen molar-refractivity contribution in [3.8, 4) is 0 Å². The third kappa shape index (κ3) is 2.67. The van der Waals surface area contributed by atoms with Crippen LogP contribution < -0.4 is 0 Å². The fraction of sp³-hybridized carbons (Fsp3) is 0.235. The Labute approximate surface area is 108 Å². The van der Waals surface area contributed by atoms with Gasteiger partial charge in [0.2, 0.25) is 0 Å². The molecule has 0 N–H and O–H groups in total. The van der Waals surface area contributed by atoms with Gasteiger partial charge in [-0.05, 0) is 37.1 Å². The minimum Gasteiger partial charge on any atom is -0.295 e. The van der Waals surface area contributed by atoms with Gasteiger partial charge in [0, 0.05) is 11.5 Å². The molecule has 92 valence electrons. The quantitative estimate of drug-likeness (QED) is 0.726. The highest BCUT2D eigenvalue weighted by molar-refractivity contribution is 5.94. The summed E-state index contributed by atoms with van der Waals surface area (Å²) >= 11 is 0. The minimum atomic E-state index is 0.125. The van der Waals surface area contributed by atoms with Crippen LogP contribution in [-0.2, 0) is 0 Å². The van der Waals surface area contributed by atoms with Crippen molar-refractivity contribution in [2.24, 2.45) is 0 Å². The molecule has 0 radical (unpaired) electrons. The Morgan fingerprint density at radius 1 is 1.00 bits per heavy atom. The molecule has 1 unspecified atom stereocenters. The number of ketones is 1. The summed E-state index contributed by atoms with van der Waals surface area (Å²) in [5, 5.41) is 0. The first-order valence-corrected chi connectivity index (χ1v) is 6.25. The molecular formula is C17H18O. The fourth-order valence-electron chi connectivity index (χ4n) is 2.20. The Hall–Kier alpha value is -1.89. The second kappa shape index (κ2) is 5.18. The van der Waals surface area contributed by atoms with Crippen LogP contribution in [0, 0.1) is 6.92 Å². The maximum atomic E-state index is 11.5. The molecule has 0 saturated carbocycles. The molecule has 1 heteroatoms. The lowest BCUT2D eigenvalue weighted by molar-refractivity contribution is 0.101. The average molecular weight is 238 g/mol. The van der Waals surface area contributed by atoms with Gasteiger partial charge >= 0.3 is 0 Å². The second-order valence-corrected chi connectivity index (χ2v) is 4.82. The van der Waals surface area contributed by atoms with Crippen molar-refractivity contribution in [1.82, 2.24) is 0 Å². The molecule has 1 nitrogen and oxygen atoms in total. The van der Waals surface area contributed by atoms with Crippen molar-refractivity contribution in [2.75, 3.05) is 0 Å². The second-order valence-electron chi connectivity index (χ2n) is 4.82. The summed E-state index contributed by atoms with van der Waals surface area (Å²) in [6.07, 6.45) is 0. The molecule has 18 heavy (non-hydrogen) atoms. The zero-order chi connectivity index (χ0) is 13.1. The molecule has 0 aliphatic rings. The zero-order valence-electron chi connectivity index (χ0n) is 11.1. The average Bonchev–Trinajstić information content (AvgIpc) is 2.38. The Morgan fingerprint density at radius 2 is 1.67 bits per heavy atom. The van der Waals surface area contributed by atoms with Crippen molar-refractivity contribution in [3.05, 3.63) is 70.8 Å². The summed E-state index contributed by atoms with van der Waals surface area (Å²) in [6.45, 7) is 5.83. The Morgan fingerprint density at radius 3 is 2.28 bits per heavy atom. The molecule has 0 bridgehead atoms. The van der Waals surface area contributed by atoms with Gasteiger partial charge in [0.25, 0.3) is 0 Å². The maximum absolute atomic E-state index is 11.5. The first-order chi connectivity index (χ1) is 8.58. The number of rotatable bonds is 3. The molecule has 0 amide bonds. The molecular weight excluding hydrogens is 220 g/mol. The highest BCUT2D eigenvalue weighted by Gasteiger charge is 2.10. The van der Waals surface area contributed by atoms with Crippen LogP contribution in [0.25, 0.3) is 0 Å². The minimum absolute atomic E-state index is 0.125. The summed E-state index contributed by atoms with van der Waals surface area (Å²) in [5.74, 6) is 0.435. The van der Waals surface area contributed by atoms with Crippen LogP contribution in [0.3, 0.4) is 0 Å². The molecule has 0 saturated heterocycles. The lowest BCUT2D eigenvalue weighted by Crippen LogP contribution is -2.00. The van der Waals surface area contributed by atoms with E-state index < -0.39 is 0 Å². The standard InChI is InChI=1S/C17H18O/c1-12-9-16(11-17(10-12)14(3)18)13(2)15-7-5-4-6-8-15/h4-11,13H,1-3H3. The summed E-state index contributed by atoms with van der Waals surface area (Å²) in [5.41, 5.74) is 4.41. The van der Waals surface area contributed by atoms with Gasteiger partial charge in [0.05, 0.1) is 0 Å². The van der Waals surface area contributed by atoms with Crippen molar-refractivity contribution in [3.63, 3.8) is 0 Å². The lowest BCUT2D eigenvalue weighted by Gasteiger charge is -2.14. The number of hydrogen-bond donors (Lipinski definition) is 0. The number of carbonyl (C=O) groups excluding carboxylic acids is 1. The smallest absolute Gasteiger partial charge is 0.159 e. The van der Waals surface area contributed by atoms with E-state index >= 15 is 0 Å². The number of benzene rings is 2. The third-order valence-electron chi connectivity index (χ3n) is 3.31. The van der Waals surface area contributed by atoms with Crippen LogP contribution in [0.1, 0.15) is 46.8 Å². The molecule has 0 aromatic heterocycles. The van der Waals surface area contributed by atoms with E-state index in [9.17, 15) is 4.79 Å². The number of hydrogen-bond acceptors (Lipinski definition) is 1. The highest BCUT2D eigenvalue weighted by Crippen LogP contribution is 2.25. The van der Waals surface area contributed by atoms with E-state index in [-0.39, 0.29) is 5.78 Å². The summed E-state index contributed by atoms with van der Waals surface area (Å²) in [4.78, 5) is 11.5. The largest absolute Gasteiger partial charge is 0.295 e. The van der Waals surface area contributed by atoms with E-state index in [2.05, 4.69) is 25.1 Å². The summed E-state index contributed by atoms with van der Waals surface area (Å²) in [6, 6.07) is 16.5. The van der Waals surface area contributed by atoms with E-state index in [0.29, 0.717) is 5.92 Å². The van der Waals surface area contributed by atoms with Crippen LogP contribution >= 0.6 is 0 Å². The Kier molecular flexibility index (Phi) is 3.61. The van der Waals surface area contributed by atoms with Gasteiger partial charge in [-0.2, -0.15) is 0 Å². The van der Waals surface area contributed by atoms with Crippen molar-refractivity contribution < 1.29 is 4.79 Å². The van der Waals surface area contributed by atoms with Crippen LogP contribution in [0.15, 0.2) is 48.5 Å². The van der Waals surface area contributed by atoms with Crippen molar-refractivity contribution in [2.45, 2.75) is 26.7 Å². The van der Waals surface area contributed by atoms with Gasteiger partial charge in [-0.3, -0.25) is 4.79 Å². The van der Waals surface area contributed by atoms with Crippen LogP contribution in [0.5, 0.6) is 0 Å².